The number of hydrogen-bond donors (Lipinski definition) is 1. The lowest BCUT2D eigenvalue weighted by molar-refractivity contribution is -0.189. The Hall–Kier alpha value is -0.430. The van der Waals surface area contributed by atoms with Crippen molar-refractivity contribution in [1.29, 1.82) is 0 Å². The number of amides is 1. The van der Waals surface area contributed by atoms with E-state index in [1.807, 2.05) is 0 Å². The predicted octanol–water partition coefficient (Wildman–Crippen LogP) is 1.10. The Morgan fingerprint density at radius 1 is 1.47 bits per heavy atom. The fourth-order valence-electron chi connectivity index (χ4n) is 2.26. The van der Waals surface area contributed by atoms with E-state index in [0.29, 0.717) is 6.54 Å². The minimum absolute atomic E-state index is 0.134. The lowest BCUT2D eigenvalue weighted by atomic mass is 10.1. The van der Waals surface area contributed by atoms with Crippen LogP contribution >= 0.6 is 11.8 Å². The zero-order valence-electron chi connectivity index (χ0n) is 9.29. The van der Waals surface area contributed by atoms with Gasteiger partial charge in [-0.2, -0.15) is 24.9 Å². The van der Waals surface area contributed by atoms with Crippen molar-refractivity contribution in [3.8, 4) is 0 Å². The number of carbonyl (C=O) groups is 1. The van der Waals surface area contributed by atoms with E-state index >= 15 is 0 Å². The summed E-state index contributed by atoms with van der Waals surface area (Å²) >= 11 is 1.77. The van der Waals surface area contributed by atoms with Crippen molar-refractivity contribution in [1.82, 2.24) is 10.2 Å². The van der Waals surface area contributed by atoms with Gasteiger partial charge in [-0.15, -0.1) is 0 Å². The molecular formula is C10H15F3N2OS. The molecule has 7 heteroatoms. The summed E-state index contributed by atoms with van der Waals surface area (Å²) in [6.45, 7) is -0.0713. The van der Waals surface area contributed by atoms with Crippen LogP contribution in [0.15, 0.2) is 0 Å². The summed E-state index contributed by atoms with van der Waals surface area (Å²) in [6.07, 6.45) is -3.31. The molecule has 2 aliphatic heterocycles. The molecule has 1 amide bonds. The number of thioether (sulfide) groups is 1. The third-order valence-corrected chi connectivity index (χ3v) is 4.41. The van der Waals surface area contributed by atoms with Gasteiger partial charge in [0, 0.05) is 13.1 Å². The summed E-state index contributed by atoms with van der Waals surface area (Å²) in [5.74, 6) is 1.90. The zero-order valence-corrected chi connectivity index (χ0v) is 10.1. The highest BCUT2D eigenvalue weighted by Gasteiger charge is 2.46. The molecule has 2 heterocycles. The van der Waals surface area contributed by atoms with Gasteiger partial charge in [-0.25, -0.2) is 0 Å². The molecule has 2 atom stereocenters. The third-order valence-electron chi connectivity index (χ3n) is 3.17. The van der Waals surface area contributed by atoms with E-state index in [4.69, 9.17) is 0 Å². The molecule has 0 bridgehead atoms. The summed E-state index contributed by atoms with van der Waals surface area (Å²) in [7, 11) is 0. The van der Waals surface area contributed by atoms with Gasteiger partial charge in [-0.1, -0.05) is 0 Å². The van der Waals surface area contributed by atoms with Gasteiger partial charge in [0.15, 0.2) is 0 Å². The molecule has 0 aromatic carbocycles. The molecule has 2 saturated heterocycles. The average Bonchev–Trinajstić information content (AvgIpc) is 2.68. The second kappa shape index (κ2) is 5.06. The van der Waals surface area contributed by atoms with Crippen LogP contribution in [0.1, 0.15) is 6.42 Å². The smallest absolute Gasteiger partial charge is 0.353 e. The number of rotatable bonds is 2. The Bertz CT molecular complexity index is 292. The first-order valence-electron chi connectivity index (χ1n) is 5.62. The Kier molecular flexibility index (Phi) is 3.87. The lowest BCUT2D eigenvalue weighted by Gasteiger charge is -2.37. The van der Waals surface area contributed by atoms with E-state index in [1.165, 1.54) is 4.90 Å². The summed E-state index contributed by atoms with van der Waals surface area (Å²) in [5.41, 5.74) is 0. The Balaban J connectivity index is 2.00. The Morgan fingerprint density at radius 3 is 2.82 bits per heavy atom. The van der Waals surface area contributed by atoms with E-state index in [-0.39, 0.29) is 24.9 Å². The van der Waals surface area contributed by atoms with Crippen molar-refractivity contribution in [2.24, 2.45) is 5.92 Å². The SMILES string of the molecule is O=C1CN(CC2CCSC2)C(C(F)(F)F)CN1. The van der Waals surface area contributed by atoms with Gasteiger partial charge >= 0.3 is 6.18 Å². The van der Waals surface area contributed by atoms with Crippen molar-refractivity contribution in [3.05, 3.63) is 0 Å². The minimum Gasteiger partial charge on any atom is -0.353 e. The first-order chi connectivity index (χ1) is 7.97. The molecule has 17 heavy (non-hydrogen) atoms. The van der Waals surface area contributed by atoms with Crippen molar-refractivity contribution >= 4 is 17.7 Å². The molecule has 0 aromatic rings. The van der Waals surface area contributed by atoms with Crippen LogP contribution in [0.2, 0.25) is 0 Å². The van der Waals surface area contributed by atoms with Crippen LogP contribution in [0, 0.1) is 5.92 Å². The largest absolute Gasteiger partial charge is 0.405 e. The van der Waals surface area contributed by atoms with E-state index in [9.17, 15) is 18.0 Å². The maximum atomic E-state index is 12.8. The van der Waals surface area contributed by atoms with Crippen LogP contribution in [0.4, 0.5) is 13.2 Å². The van der Waals surface area contributed by atoms with Gasteiger partial charge in [0.05, 0.1) is 6.54 Å². The molecule has 2 rings (SSSR count). The van der Waals surface area contributed by atoms with Crippen LogP contribution < -0.4 is 5.32 Å². The predicted molar refractivity (Wildman–Crippen MR) is 59.9 cm³/mol. The maximum Gasteiger partial charge on any atom is 0.405 e. The van der Waals surface area contributed by atoms with E-state index in [2.05, 4.69) is 5.32 Å². The highest BCUT2D eigenvalue weighted by atomic mass is 32.2. The fourth-order valence-corrected chi connectivity index (χ4v) is 3.54. The fraction of sp³-hybridized carbons (Fsp3) is 0.900. The lowest BCUT2D eigenvalue weighted by Crippen LogP contribution is -2.60. The second-order valence-corrected chi connectivity index (χ2v) is 5.67. The average molecular weight is 268 g/mol. The molecule has 3 nitrogen and oxygen atoms in total. The van der Waals surface area contributed by atoms with E-state index in [0.717, 1.165) is 17.9 Å². The molecular weight excluding hydrogens is 253 g/mol. The first kappa shape index (κ1) is 13.0. The van der Waals surface area contributed by atoms with Gasteiger partial charge in [0.2, 0.25) is 5.91 Å². The third kappa shape index (κ3) is 3.28. The van der Waals surface area contributed by atoms with E-state index < -0.39 is 12.2 Å². The summed E-state index contributed by atoms with van der Waals surface area (Å²) < 4.78 is 38.4. The first-order valence-corrected chi connectivity index (χ1v) is 6.77. The van der Waals surface area contributed by atoms with Crippen molar-refractivity contribution in [2.45, 2.75) is 18.6 Å². The highest BCUT2D eigenvalue weighted by molar-refractivity contribution is 7.99. The Labute approximate surface area is 102 Å². The van der Waals surface area contributed by atoms with Crippen molar-refractivity contribution in [3.63, 3.8) is 0 Å². The molecule has 1 N–H and O–H groups in total. The molecule has 0 saturated carbocycles. The number of alkyl halides is 3. The van der Waals surface area contributed by atoms with Crippen molar-refractivity contribution in [2.75, 3.05) is 31.1 Å². The van der Waals surface area contributed by atoms with Crippen LogP contribution in [0.25, 0.3) is 0 Å². The number of halogens is 3. The van der Waals surface area contributed by atoms with Gasteiger partial charge in [0.25, 0.3) is 0 Å². The number of hydrogen-bond acceptors (Lipinski definition) is 3. The quantitative estimate of drug-likeness (QED) is 0.814. The van der Waals surface area contributed by atoms with Gasteiger partial charge < -0.3 is 5.32 Å². The molecule has 2 fully saturated rings. The molecule has 0 radical (unpaired) electrons. The van der Waals surface area contributed by atoms with E-state index in [1.54, 1.807) is 11.8 Å². The normalized spacial score (nSPS) is 31.6. The zero-order chi connectivity index (χ0) is 12.5. The molecule has 2 aliphatic rings. The summed E-state index contributed by atoms with van der Waals surface area (Å²) in [6, 6.07) is -1.52. The van der Waals surface area contributed by atoms with Gasteiger partial charge in [0.1, 0.15) is 6.04 Å². The highest BCUT2D eigenvalue weighted by Crippen LogP contribution is 2.29. The number of carbonyl (C=O) groups excluding carboxylic acids is 1. The van der Waals surface area contributed by atoms with Crippen molar-refractivity contribution < 1.29 is 18.0 Å². The molecule has 0 spiro atoms. The summed E-state index contributed by atoms with van der Waals surface area (Å²) in [4.78, 5) is 12.5. The Morgan fingerprint density at radius 2 is 2.24 bits per heavy atom. The summed E-state index contributed by atoms with van der Waals surface area (Å²) in [5, 5.41) is 2.29. The number of piperazine rings is 1. The second-order valence-electron chi connectivity index (χ2n) is 4.52. The maximum absolute atomic E-state index is 12.8. The standard InChI is InChI=1S/C10H15F3N2OS/c11-10(12,13)8-3-14-9(16)5-15(8)4-7-1-2-17-6-7/h7-8H,1-6H2,(H,14,16). The minimum atomic E-state index is -4.26. The molecule has 0 aromatic heterocycles. The monoisotopic (exact) mass is 268 g/mol. The number of nitrogens with zero attached hydrogens (tertiary/aromatic N) is 1. The van der Waals surface area contributed by atoms with Crippen LogP contribution in [0.3, 0.4) is 0 Å². The molecule has 2 unspecified atom stereocenters. The van der Waals surface area contributed by atoms with Crippen LogP contribution in [-0.2, 0) is 4.79 Å². The van der Waals surface area contributed by atoms with Crippen LogP contribution in [-0.4, -0.2) is 54.2 Å². The van der Waals surface area contributed by atoms with Gasteiger partial charge in [-0.05, 0) is 23.8 Å². The molecule has 0 aliphatic carbocycles. The van der Waals surface area contributed by atoms with Gasteiger partial charge in [-0.3, -0.25) is 9.69 Å². The van der Waals surface area contributed by atoms with Crippen LogP contribution in [0.5, 0.6) is 0 Å². The topological polar surface area (TPSA) is 32.3 Å². The number of nitrogens with one attached hydrogen (secondary N) is 1. The molecule has 98 valence electrons.